The number of H-pyrrole nitrogens is 1. The van der Waals surface area contributed by atoms with Gasteiger partial charge in [-0.2, -0.15) is 0 Å². The van der Waals surface area contributed by atoms with Crippen LogP contribution in [0.3, 0.4) is 0 Å². The van der Waals surface area contributed by atoms with Crippen LogP contribution in [-0.2, 0) is 13.1 Å². The van der Waals surface area contributed by atoms with Gasteiger partial charge in [0.2, 0.25) is 0 Å². The van der Waals surface area contributed by atoms with Gasteiger partial charge < -0.3 is 15.3 Å². The Kier molecular flexibility index (Phi) is 4.56. The van der Waals surface area contributed by atoms with Crippen LogP contribution >= 0.6 is 0 Å². The lowest BCUT2D eigenvalue weighted by Crippen LogP contribution is -2.11. The number of nitrogens with one attached hydrogen (secondary N) is 1. The van der Waals surface area contributed by atoms with Crippen LogP contribution in [0.15, 0.2) is 95.9 Å². The van der Waals surface area contributed by atoms with Gasteiger partial charge in [-0.25, -0.2) is 4.98 Å². The molecule has 2 aromatic heterocycles. The Balaban J connectivity index is 1.54. The summed E-state index contributed by atoms with van der Waals surface area (Å²) in [6.45, 7) is 1.22. The number of para-hydroxylation sites is 1. The van der Waals surface area contributed by atoms with Gasteiger partial charge in [0, 0.05) is 41.1 Å². The number of nitrogens with zero attached hydrogens (tertiary/aromatic N) is 2. The predicted octanol–water partition coefficient (Wildman–Crippen LogP) is 5.21. The lowest BCUT2D eigenvalue weighted by molar-refractivity contribution is 0.836. The highest BCUT2D eigenvalue weighted by Crippen LogP contribution is 2.30. The first-order chi connectivity index (χ1) is 16.2. The second-order valence-corrected chi connectivity index (χ2v) is 8.31. The van der Waals surface area contributed by atoms with Crippen molar-refractivity contribution in [2.45, 2.75) is 13.1 Å². The molecule has 0 saturated carbocycles. The van der Waals surface area contributed by atoms with Gasteiger partial charge in [0.25, 0.3) is 5.56 Å². The SMILES string of the molecule is NCc1ccc(Cn2cc(-c3nc4c(ccc5ccccc54)[nH]c3=O)c3ccccc32)cc1. The topological polar surface area (TPSA) is 76.7 Å². The molecule has 0 saturated heterocycles. The fraction of sp³-hybridized carbons (Fsp3) is 0.0714. The number of hydrogen-bond donors (Lipinski definition) is 2. The molecule has 3 N–H and O–H groups in total. The van der Waals surface area contributed by atoms with E-state index in [1.54, 1.807) is 0 Å². The maximum Gasteiger partial charge on any atom is 0.275 e. The largest absolute Gasteiger partial charge is 0.342 e. The molecule has 0 bridgehead atoms. The molecule has 0 amide bonds. The second kappa shape index (κ2) is 7.73. The summed E-state index contributed by atoms with van der Waals surface area (Å²) >= 11 is 0. The van der Waals surface area contributed by atoms with Crippen LogP contribution < -0.4 is 11.3 Å². The van der Waals surface area contributed by atoms with Crippen molar-refractivity contribution >= 4 is 32.7 Å². The molecule has 5 nitrogen and oxygen atoms in total. The van der Waals surface area contributed by atoms with Gasteiger partial charge in [0.15, 0.2) is 0 Å². The molecule has 0 aliphatic heterocycles. The number of fused-ring (bicyclic) bond motifs is 4. The molecule has 0 fully saturated rings. The maximum absolute atomic E-state index is 13.1. The lowest BCUT2D eigenvalue weighted by atomic mass is 10.1. The molecule has 5 heteroatoms. The highest BCUT2D eigenvalue weighted by Gasteiger charge is 2.16. The minimum atomic E-state index is -0.187. The molecule has 0 unspecified atom stereocenters. The van der Waals surface area contributed by atoms with E-state index < -0.39 is 0 Å². The molecule has 0 spiro atoms. The highest BCUT2D eigenvalue weighted by molar-refractivity contribution is 6.05. The van der Waals surface area contributed by atoms with Crippen molar-refractivity contribution in [3.05, 3.63) is 113 Å². The van der Waals surface area contributed by atoms with Gasteiger partial charge in [-0.15, -0.1) is 0 Å². The zero-order valence-corrected chi connectivity index (χ0v) is 18.0. The quantitative estimate of drug-likeness (QED) is 0.377. The molecular formula is C28H22N4O. The molecule has 6 aromatic rings. The third-order valence-corrected chi connectivity index (χ3v) is 6.24. The van der Waals surface area contributed by atoms with E-state index in [2.05, 4.69) is 45.9 Å². The van der Waals surface area contributed by atoms with Gasteiger partial charge in [-0.3, -0.25) is 4.79 Å². The minimum absolute atomic E-state index is 0.187. The Bertz CT molecular complexity index is 1690. The van der Waals surface area contributed by atoms with Crippen LogP contribution in [-0.4, -0.2) is 14.5 Å². The van der Waals surface area contributed by atoms with Gasteiger partial charge in [0.05, 0.1) is 11.0 Å². The summed E-state index contributed by atoms with van der Waals surface area (Å²) in [5, 5.41) is 3.13. The summed E-state index contributed by atoms with van der Waals surface area (Å²) in [6.07, 6.45) is 2.04. The van der Waals surface area contributed by atoms with Crippen molar-refractivity contribution in [1.82, 2.24) is 14.5 Å². The molecule has 160 valence electrons. The van der Waals surface area contributed by atoms with E-state index in [-0.39, 0.29) is 5.56 Å². The number of aromatic nitrogens is 3. The summed E-state index contributed by atoms with van der Waals surface area (Å²) in [4.78, 5) is 21.1. The van der Waals surface area contributed by atoms with Crippen LogP contribution in [0.1, 0.15) is 11.1 Å². The lowest BCUT2D eigenvalue weighted by Gasteiger charge is -2.06. The van der Waals surface area contributed by atoms with E-state index in [1.165, 1.54) is 5.56 Å². The van der Waals surface area contributed by atoms with E-state index in [0.29, 0.717) is 18.8 Å². The van der Waals surface area contributed by atoms with Crippen molar-refractivity contribution in [1.29, 1.82) is 0 Å². The highest BCUT2D eigenvalue weighted by atomic mass is 16.1. The number of nitrogens with two attached hydrogens (primary N) is 1. The summed E-state index contributed by atoms with van der Waals surface area (Å²) in [6, 6.07) is 28.5. The standard InChI is InChI=1S/C28H22N4O/c29-15-18-9-11-19(12-10-18)16-32-17-23(22-7-3-4-8-25(22)32)27-28(33)30-24-14-13-20-5-1-2-6-21(20)26(24)31-27/h1-14,17H,15-16,29H2,(H,30,33). The Labute approximate surface area is 190 Å². The molecule has 0 aliphatic carbocycles. The monoisotopic (exact) mass is 430 g/mol. The van der Waals surface area contributed by atoms with Crippen LogP contribution in [0.25, 0.3) is 44.0 Å². The third kappa shape index (κ3) is 3.30. The van der Waals surface area contributed by atoms with E-state index in [4.69, 9.17) is 10.7 Å². The Hall–Kier alpha value is -4.22. The van der Waals surface area contributed by atoms with Crippen LogP contribution in [0.4, 0.5) is 0 Å². The van der Waals surface area contributed by atoms with Gasteiger partial charge >= 0.3 is 0 Å². The fourth-order valence-corrected chi connectivity index (χ4v) is 4.55. The molecule has 33 heavy (non-hydrogen) atoms. The molecule has 0 aliphatic rings. The molecule has 2 heterocycles. The number of aromatic amines is 1. The van der Waals surface area contributed by atoms with Crippen molar-refractivity contribution in [2.75, 3.05) is 0 Å². The van der Waals surface area contributed by atoms with E-state index in [9.17, 15) is 4.79 Å². The number of hydrogen-bond acceptors (Lipinski definition) is 3. The fourth-order valence-electron chi connectivity index (χ4n) is 4.55. The molecule has 4 aromatic carbocycles. The van der Waals surface area contributed by atoms with E-state index in [1.807, 2.05) is 54.7 Å². The average Bonchev–Trinajstić information content (AvgIpc) is 3.22. The summed E-state index contributed by atoms with van der Waals surface area (Å²) in [5.41, 5.74) is 11.7. The maximum atomic E-state index is 13.1. The smallest absolute Gasteiger partial charge is 0.275 e. The molecule has 0 atom stereocenters. The van der Waals surface area contributed by atoms with Crippen molar-refractivity contribution in [3.8, 4) is 11.3 Å². The van der Waals surface area contributed by atoms with E-state index in [0.717, 1.165) is 43.8 Å². The van der Waals surface area contributed by atoms with Gasteiger partial charge in [0.1, 0.15) is 5.69 Å². The molecular weight excluding hydrogens is 408 g/mol. The minimum Gasteiger partial charge on any atom is -0.342 e. The van der Waals surface area contributed by atoms with Crippen LogP contribution in [0.5, 0.6) is 0 Å². The predicted molar refractivity (Wildman–Crippen MR) is 134 cm³/mol. The van der Waals surface area contributed by atoms with Crippen molar-refractivity contribution < 1.29 is 0 Å². The third-order valence-electron chi connectivity index (χ3n) is 6.24. The summed E-state index contributed by atoms with van der Waals surface area (Å²) < 4.78 is 2.18. The van der Waals surface area contributed by atoms with Crippen molar-refractivity contribution in [2.24, 2.45) is 5.73 Å². The average molecular weight is 431 g/mol. The number of benzene rings is 4. The van der Waals surface area contributed by atoms with Crippen LogP contribution in [0, 0.1) is 0 Å². The molecule has 6 rings (SSSR count). The van der Waals surface area contributed by atoms with Crippen LogP contribution in [0.2, 0.25) is 0 Å². The van der Waals surface area contributed by atoms with Crippen molar-refractivity contribution in [3.63, 3.8) is 0 Å². The van der Waals surface area contributed by atoms with E-state index >= 15 is 0 Å². The Morgan fingerprint density at radius 3 is 2.36 bits per heavy atom. The Morgan fingerprint density at radius 1 is 0.818 bits per heavy atom. The second-order valence-electron chi connectivity index (χ2n) is 8.31. The zero-order valence-electron chi connectivity index (χ0n) is 18.0. The number of rotatable bonds is 4. The van der Waals surface area contributed by atoms with Gasteiger partial charge in [-0.05, 0) is 28.6 Å². The summed E-state index contributed by atoms with van der Waals surface area (Å²) in [5.74, 6) is 0. The first-order valence-electron chi connectivity index (χ1n) is 11.0. The summed E-state index contributed by atoms with van der Waals surface area (Å²) in [7, 11) is 0. The first kappa shape index (κ1) is 19.5. The Morgan fingerprint density at radius 2 is 1.55 bits per heavy atom. The first-order valence-corrected chi connectivity index (χ1v) is 11.0. The molecule has 0 radical (unpaired) electrons. The zero-order chi connectivity index (χ0) is 22.4. The normalized spacial score (nSPS) is 11.5. The van der Waals surface area contributed by atoms with Gasteiger partial charge in [-0.1, -0.05) is 72.8 Å².